The fraction of sp³-hybridized carbons (Fsp3) is 0.182. The van der Waals surface area contributed by atoms with Crippen LogP contribution in [-0.2, 0) is 11.2 Å². The first-order valence-electron chi connectivity index (χ1n) is 9.05. The monoisotopic (exact) mass is 378 g/mol. The number of carbonyl (C=O) groups is 2. The maximum atomic E-state index is 12.0. The third-order valence-corrected chi connectivity index (χ3v) is 4.05. The van der Waals surface area contributed by atoms with Gasteiger partial charge in [0, 0.05) is 19.5 Å². The van der Waals surface area contributed by atoms with Crippen LogP contribution in [-0.4, -0.2) is 31.5 Å². The van der Waals surface area contributed by atoms with Gasteiger partial charge >= 0.3 is 0 Å². The summed E-state index contributed by atoms with van der Waals surface area (Å²) < 4.78 is 10.7. The molecule has 0 aliphatic carbocycles. The Morgan fingerprint density at radius 1 is 0.857 bits per heavy atom. The van der Waals surface area contributed by atoms with Gasteiger partial charge in [0.2, 0.25) is 0 Å². The molecule has 0 fully saturated rings. The van der Waals surface area contributed by atoms with Gasteiger partial charge < -0.3 is 19.8 Å². The normalized spacial score (nSPS) is 10.3. The van der Waals surface area contributed by atoms with Gasteiger partial charge in [-0.25, -0.2) is 0 Å². The van der Waals surface area contributed by atoms with Gasteiger partial charge in [0.15, 0.2) is 12.4 Å². The fourth-order valence-corrected chi connectivity index (χ4v) is 2.67. The Balaban J connectivity index is 1.41. The zero-order chi connectivity index (χ0) is 19.6. The van der Waals surface area contributed by atoms with Crippen molar-refractivity contribution >= 4 is 11.8 Å². The summed E-state index contributed by atoms with van der Waals surface area (Å²) in [5, 5.41) is 5.38. The van der Waals surface area contributed by atoms with Crippen molar-refractivity contribution in [2.24, 2.45) is 0 Å². The van der Waals surface area contributed by atoms with E-state index in [9.17, 15) is 9.59 Å². The Labute approximate surface area is 163 Å². The van der Waals surface area contributed by atoms with Crippen LogP contribution in [0.2, 0.25) is 0 Å². The van der Waals surface area contributed by atoms with Gasteiger partial charge in [0.05, 0.1) is 6.26 Å². The molecule has 6 nitrogen and oxygen atoms in total. The number of carbonyl (C=O) groups excluding carboxylic acids is 2. The summed E-state index contributed by atoms with van der Waals surface area (Å²) in [5.74, 6) is 0.365. The van der Waals surface area contributed by atoms with Crippen LogP contribution in [0, 0.1) is 0 Å². The van der Waals surface area contributed by atoms with E-state index in [-0.39, 0.29) is 24.2 Å². The molecule has 2 aromatic carbocycles. The van der Waals surface area contributed by atoms with Crippen molar-refractivity contribution in [2.45, 2.75) is 6.42 Å². The highest BCUT2D eigenvalue weighted by molar-refractivity contribution is 5.91. The number of benzene rings is 2. The molecule has 0 bridgehead atoms. The van der Waals surface area contributed by atoms with Crippen LogP contribution in [0.1, 0.15) is 21.7 Å². The molecule has 144 valence electrons. The zero-order valence-electron chi connectivity index (χ0n) is 15.4. The number of hydrogen-bond donors (Lipinski definition) is 2. The molecule has 0 unspecified atom stereocenters. The first-order chi connectivity index (χ1) is 13.7. The number of ether oxygens (including phenoxy) is 1. The standard InChI is InChI=1S/C22H22N2O4/c25-21(23-12-13-24-22(26)20-11-6-14-27-20)16-28-19-10-5-4-9-18(19)15-17-7-2-1-3-8-17/h1-11,14H,12-13,15-16H2,(H,23,25)(H,24,26). The van der Waals surface area contributed by atoms with Gasteiger partial charge in [0.1, 0.15) is 5.75 Å². The predicted octanol–water partition coefficient (Wildman–Crippen LogP) is 2.80. The lowest BCUT2D eigenvalue weighted by Gasteiger charge is -2.12. The van der Waals surface area contributed by atoms with E-state index in [0.717, 1.165) is 12.0 Å². The second kappa shape index (κ2) is 9.97. The van der Waals surface area contributed by atoms with Crippen LogP contribution < -0.4 is 15.4 Å². The summed E-state index contributed by atoms with van der Waals surface area (Å²) in [6.45, 7) is 0.522. The van der Waals surface area contributed by atoms with Crippen LogP contribution in [0.15, 0.2) is 77.4 Å². The summed E-state index contributed by atoms with van der Waals surface area (Å²) in [4.78, 5) is 23.7. The molecule has 1 aromatic heterocycles. The van der Waals surface area contributed by atoms with Crippen molar-refractivity contribution < 1.29 is 18.7 Å². The zero-order valence-corrected chi connectivity index (χ0v) is 15.4. The Morgan fingerprint density at radius 2 is 1.61 bits per heavy atom. The van der Waals surface area contributed by atoms with Crippen molar-refractivity contribution in [3.8, 4) is 5.75 Å². The van der Waals surface area contributed by atoms with E-state index in [1.807, 2.05) is 42.5 Å². The summed E-state index contributed by atoms with van der Waals surface area (Å²) in [6.07, 6.45) is 2.17. The Hall–Kier alpha value is -3.54. The number of furan rings is 1. The first kappa shape index (κ1) is 19.2. The summed E-state index contributed by atoms with van der Waals surface area (Å²) in [6, 6.07) is 21.0. The first-order valence-corrected chi connectivity index (χ1v) is 9.05. The second-order valence-electron chi connectivity index (χ2n) is 6.14. The minimum atomic E-state index is -0.315. The Bertz CT molecular complexity index is 892. The lowest BCUT2D eigenvalue weighted by molar-refractivity contribution is -0.123. The minimum absolute atomic E-state index is 0.0854. The number of rotatable bonds is 9. The van der Waals surface area contributed by atoms with E-state index in [4.69, 9.17) is 9.15 Å². The molecule has 2 amide bonds. The lowest BCUT2D eigenvalue weighted by Crippen LogP contribution is -2.36. The molecule has 0 saturated heterocycles. The van der Waals surface area contributed by atoms with E-state index in [1.165, 1.54) is 11.8 Å². The molecular weight excluding hydrogens is 356 g/mol. The third-order valence-electron chi connectivity index (χ3n) is 4.05. The number of nitrogens with one attached hydrogen (secondary N) is 2. The molecule has 1 heterocycles. The topological polar surface area (TPSA) is 80.6 Å². The van der Waals surface area contributed by atoms with Gasteiger partial charge in [-0.1, -0.05) is 48.5 Å². The fourth-order valence-electron chi connectivity index (χ4n) is 2.67. The van der Waals surface area contributed by atoms with E-state index < -0.39 is 0 Å². The maximum Gasteiger partial charge on any atom is 0.287 e. The molecule has 0 saturated carbocycles. The lowest BCUT2D eigenvalue weighted by atomic mass is 10.0. The van der Waals surface area contributed by atoms with Crippen molar-refractivity contribution in [3.05, 3.63) is 89.9 Å². The van der Waals surface area contributed by atoms with Crippen molar-refractivity contribution in [2.75, 3.05) is 19.7 Å². The smallest absolute Gasteiger partial charge is 0.287 e. The average molecular weight is 378 g/mol. The summed E-state index contributed by atoms with van der Waals surface area (Å²) >= 11 is 0. The van der Waals surface area contributed by atoms with E-state index in [0.29, 0.717) is 18.8 Å². The molecule has 0 aliphatic heterocycles. The SMILES string of the molecule is O=C(COc1ccccc1Cc1ccccc1)NCCNC(=O)c1ccco1. The van der Waals surface area contributed by atoms with Gasteiger partial charge in [-0.2, -0.15) is 0 Å². The second-order valence-corrected chi connectivity index (χ2v) is 6.14. The summed E-state index contributed by atoms with van der Waals surface area (Å²) in [5.41, 5.74) is 2.20. The maximum absolute atomic E-state index is 12.0. The molecule has 0 atom stereocenters. The predicted molar refractivity (Wildman–Crippen MR) is 105 cm³/mol. The molecule has 6 heteroatoms. The Morgan fingerprint density at radius 3 is 2.39 bits per heavy atom. The number of hydrogen-bond acceptors (Lipinski definition) is 4. The minimum Gasteiger partial charge on any atom is -0.483 e. The molecule has 0 radical (unpaired) electrons. The molecule has 28 heavy (non-hydrogen) atoms. The quantitative estimate of drug-likeness (QED) is 0.561. The summed E-state index contributed by atoms with van der Waals surface area (Å²) in [7, 11) is 0. The molecular formula is C22H22N2O4. The van der Waals surface area contributed by atoms with Crippen LogP contribution in [0.5, 0.6) is 5.75 Å². The van der Waals surface area contributed by atoms with Crippen LogP contribution in [0.3, 0.4) is 0 Å². The average Bonchev–Trinajstić information content (AvgIpc) is 3.26. The van der Waals surface area contributed by atoms with Crippen molar-refractivity contribution in [1.29, 1.82) is 0 Å². The van der Waals surface area contributed by atoms with Crippen LogP contribution in [0.4, 0.5) is 0 Å². The van der Waals surface area contributed by atoms with Gasteiger partial charge in [-0.05, 0) is 29.3 Å². The van der Waals surface area contributed by atoms with Crippen LogP contribution >= 0.6 is 0 Å². The highest BCUT2D eigenvalue weighted by Gasteiger charge is 2.09. The van der Waals surface area contributed by atoms with Crippen molar-refractivity contribution in [1.82, 2.24) is 10.6 Å². The Kier molecular flexibility index (Phi) is 6.84. The largest absolute Gasteiger partial charge is 0.483 e. The van der Waals surface area contributed by atoms with Crippen LogP contribution in [0.25, 0.3) is 0 Å². The number of para-hydroxylation sites is 1. The molecule has 2 N–H and O–H groups in total. The van der Waals surface area contributed by atoms with Gasteiger partial charge in [-0.15, -0.1) is 0 Å². The molecule has 0 aliphatic rings. The van der Waals surface area contributed by atoms with Gasteiger partial charge in [-0.3, -0.25) is 9.59 Å². The van der Waals surface area contributed by atoms with Gasteiger partial charge in [0.25, 0.3) is 11.8 Å². The number of amides is 2. The molecule has 0 spiro atoms. The molecule has 3 rings (SSSR count). The van der Waals surface area contributed by atoms with E-state index in [2.05, 4.69) is 22.8 Å². The molecule has 3 aromatic rings. The van der Waals surface area contributed by atoms with Crippen molar-refractivity contribution in [3.63, 3.8) is 0 Å². The third kappa shape index (κ3) is 5.74. The highest BCUT2D eigenvalue weighted by Crippen LogP contribution is 2.21. The highest BCUT2D eigenvalue weighted by atomic mass is 16.5. The van der Waals surface area contributed by atoms with E-state index in [1.54, 1.807) is 12.1 Å². The van der Waals surface area contributed by atoms with E-state index >= 15 is 0 Å².